The van der Waals surface area contributed by atoms with Gasteiger partial charge in [-0.25, -0.2) is 0 Å². The van der Waals surface area contributed by atoms with Gasteiger partial charge in [0.2, 0.25) is 0 Å². The number of nitrogens with two attached hydrogens (primary N) is 1. The molecule has 80 valence electrons. The number of fused-ring (bicyclic) bond motifs is 1. The van der Waals surface area contributed by atoms with E-state index < -0.39 is 0 Å². The van der Waals surface area contributed by atoms with E-state index in [-0.39, 0.29) is 0 Å². The van der Waals surface area contributed by atoms with Gasteiger partial charge in [0.05, 0.1) is 0 Å². The predicted octanol–water partition coefficient (Wildman–Crippen LogP) is 3.06. The molecule has 0 heterocycles. The molecule has 0 saturated carbocycles. The Balaban J connectivity index is 2.28. The molecule has 0 spiro atoms. The lowest BCUT2D eigenvalue weighted by Crippen LogP contribution is -2.03. The van der Waals surface area contributed by atoms with Crippen LogP contribution in [-0.4, -0.2) is 6.54 Å². The van der Waals surface area contributed by atoms with E-state index in [9.17, 15) is 0 Å². The fourth-order valence-corrected chi connectivity index (χ4v) is 2.25. The van der Waals surface area contributed by atoms with E-state index in [1.165, 1.54) is 35.1 Å². The third kappa shape index (κ3) is 2.29. The van der Waals surface area contributed by atoms with Crippen LogP contribution in [0.3, 0.4) is 0 Å². The highest BCUT2D eigenvalue weighted by Crippen LogP contribution is 2.30. The molecule has 1 aliphatic carbocycles. The zero-order valence-corrected chi connectivity index (χ0v) is 9.42. The molecule has 0 amide bonds. The topological polar surface area (TPSA) is 26.0 Å². The molecule has 1 aliphatic rings. The van der Waals surface area contributed by atoms with Gasteiger partial charge in [0.1, 0.15) is 0 Å². The molecule has 2 rings (SSSR count). The van der Waals surface area contributed by atoms with Crippen LogP contribution in [0.5, 0.6) is 0 Å². The van der Waals surface area contributed by atoms with Crippen molar-refractivity contribution in [3.05, 3.63) is 41.0 Å². The van der Waals surface area contributed by atoms with Crippen molar-refractivity contribution in [3.8, 4) is 0 Å². The lowest BCUT2D eigenvalue weighted by Gasteiger charge is -2.18. The van der Waals surface area contributed by atoms with Crippen LogP contribution in [0.25, 0.3) is 5.57 Å². The first-order valence-electron chi connectivity index (χ1n) is 5.80. The molecule has 0 atom stereocenters. The molecular weight excluding hydrogens is 182 g/mol. The Bertz CT molecular complexity index is 377. The molecule has 1 aromatic rings. The lowest BCUT2D eigenvalue weighted by molar-refractivity contribution is 0.851. The Morgan fingerprint density at radius 1 is 1.33 bits per heavy atom. The number of hydrogen-bond donors (Lipinski definition) is 1. The van der Waals surface area contributed by atoms with Gasteiger partial charge in [0, 0.05) is 0 Å². The Kier molecular flexibility index (Phi) is 3.22. The molecular formula is C14H19N. The molecule has 0 aliphatic heterocycles. The van der Waals surface area contributed by atoms with Crippen molar-refractivity contribution < 1.29 is 0 Å². The van der Waals surface area contributed by atoms with E-state index in [1.807, 2.05) is 0 Å². The lowest BCUT2D eigenvalue weighted by atomic mass is 9.87. The predicted molar refractivity (Wildman–Crippen MR) is 65.8 cm³/mol. The van der Waals surface area contributed by atoms with Gasteiger partial charge in [-0.15, -0.1) is 0 Å². The van der Waals surface area contributed by atoms with Crippen molar-refractivity contribution in [2.75, 3.05) is 6.54 Å². The number of benzene rings is 1. The minimum atomic E-state index is 0.790. The summed E-state index contributed by atoms with van der Waals surface area (Å²) in [5, 5.41) is 0. The fraction of sp³-hybridized carbons (Fsp3) is 0.429. The Morgan fingerprint density at radius 2 is 2.20 bits per heavy atom. The SMILES string of the molecule is Cc1ccc2c(c1)C(CCCN)=CCC2. The van der Waals surface area contributed by atoms with Gasteiger partial charge in [-0.1, -0.05) is 29.8 Å². The van der Waals surface area contributed by atoms with E-state index in [0.717, 1.165) is 19.4 Å². The summed E-state index contributed by atoms with van der Waals surface area (Å²) in [6.07, 6.45) is 7.00. The molecule has 15 heavy (non-hydrogen) atoms. The van der Waals surface area contributed by atoms with Gasteiger partial charge in [-0.2, -0.15) is 0 Å². The van der Waals surface area contributed by atoms with E-state index in [1.54, 1.807) is 0 Å². The minimum absolute atomic E-state index is 0.790. The van der Waals surface area contributed by atoms with E-state index >= 15 is 0 Å². The van der Waals surface area contributed by atoms with Crippen LogP contribution in [0.4, 0.5) is 0 Å². The number of aryl methyl sites for hydroxylation is 2. The maximum atomic E-state index is 5.57. The summed E-state index contributed by atoms with van der Waals surface area (Å²) < 4.78 is 0. The van der Waals surface area contributed by atoms with Gasteiger partial charge in [0.25, 0.3) is 0 Å². The molecule has 0 saturated heterocycles. The molecule has 0 bridgehead atoms. The second kappa shape index (κ2) is 4.63. The molecule has 1 nitrogen and oxygen atoms in total. The van der Waals surface area contributed by atoms with Crippen LogP contribution < -0.4 is 5.73 Å². The Hall–Kier alpha value is -1.08. The van der Waals surface area contributed by atoms with Crippen molar-refractivity contribution in [1.29, 1.82) is 0 Å². The van der Waals surface area contributed by atoms with E-state index in [0.29, 0.717) is 0 Å². The molecule has 0 fully saturated rings. The van der Waals surface area contributed by atoms with Crippen LogP contribution in [-0.2, 0) is 6.42 Å². The van der Waals surface area contributed by atoms with Crippen molar-refractivity contribution in [3.63, 3.8) is 0 Å². The highest BCUT2D eigenvalue weighted by Gasteiger charge is 2.11. The largest absolute Gasteiger partial charge is 0.330 e. The summed E-state index contributed by atoms with van der Waals surface area (Å²) in [6, 6.07) is 6.81. The smallest absolute Gasteiger partial charge is 0.00741 e. The van der Waals surface area contributed by atoms with Crippen LogP contribution in [0.1, 0.15) is 36.0 Å². The maximum absolute atomic E-state index is 5.57. The minimum Gasteiger partial charge on any atom is -0.330 e. The number of rotatable bonds is 3. The van der Waals surface area contributed by atoms with Crippen LogP contribution in [0.2, 0.25) is 0 Å². The van der Waals surface area contributed by atoms with Gasteiger partial charge in [-0.3, -0.25) is 0 Å². The summed E-state index contributed by atoms with van der Waals surface area (Å²) in [5.41, 5.74) is 11.4. The summed E-state index contributed by atoms with van der Waals surface area (Å²) in [7, 11) is 0. The van der Waals surface area contributed by atoms with Gasteiger partial charge in [-0.05, 0) is 55.9 Å². The summed E-state index contributed by atoms with van der Waals surface area (Å²) in [4.78, 5) is 0. The third-order valence-electron chi connectivity index (χ3n) is 3.07. The highest BCUT2D eigenvalue weighted by molar-refractivity contribution is 5.70. The Labute approximate surface area is 92.0 Å². The molecule has 1 aromatic carbocycles. The first-order valence-corrected chi connectivity index (χ1v) is 5.80. The van der Waals surface area contributed by atoms with Crippen LogP contribution in [0.15, 0.2) is 24.3 Å². The summed E-state index contributed by atoms with van der Waals surface area (Å²) >= 11 is 0. The molecule has 2 N–H and O–H groups in total. The van der Waals surface area contributed by atoms with Crippen molar-refractivity contribution in [1.82, 2.24) is 0 Å². The molecule has 0 unspecified atom stereocenters. The standard InChI is InChI=1S/C14H19N/c1-11-7-8-13-5-2-4-12(6-3-9-15)14(13)10-11/h4,7-8,10H,2-3,5-6,9,15H2,1H3. The van der Waals surface area contributed by atoms with Crippen molar-refractivity contribution in [2.45, 2.75) is 32.6 Å². The molecule has 0 aromatic heterocycles. The average Bonchev–Trinajstić information content (AvgIpc) is 2.26. The maximum Gasteiger partial charge on any atom is -0.00741 e. The van der Waals surface area contributed by atoms with Crippen molar-refractivity contribution >= 4 is 5.57 Å². The number of allylic oxidation sites excluding steroid dienone is 2. The van der Waals surface area contributed by atoms with E-state index in [2.05, 4.69) is 31.2 Å². The monoisotopic (exact) mass is 201 g/mol. The average molecular weight is 201 g/mol. The van der Waals surface area contributed by atoms with Crippen molar-refractivity contribution in [2.24, 2.45) is 5.73 Å². The summed E-state index contributed by atoms with van der Waals surface area (Å²) in [6.45, 7) is 2.95. The first-order chi connectivity index (χ1) is 7.31. The quantitative estimate of drug-likeness (QED) is 0.799. The molecule has 1 heteroatoms. The fourth-order valence-electron chi connectivity index (χ4n) is 2.25. The first kappa shape index (κ1) is 10.4. The second-order valence-corrected chi connectivity index (χ2v) is 4.32. The summed E-state index contributed by atoms with van der Waals surface area (Å²) in [5.74, 6) is 0. The Morgan fingerprint density at radius 3 is 3.00 bits per heavy atom. The van der Waals surface area contributed by atoms with Gasteiger partial charge < -0.3 is 5.73 Å². The third-order valence-corrected chi connectivity index (χ3v) is 3.07. The second-order valence-electron chi connectivity index (χ2n) is 4.32. The van der Waals surface area contributed by atoms with Gasteiger partial charge in [0.15, 0.2) is 0 Å². The zero-order chi connectivity index (χ0) is 10.7. The highest BCUT2D eigenvalue weighted by atomic mass is 14.5. The van der Waals surface area contributed by atoms with E-state index in [4.69, 9.17) is 5.73 Å². The van der Waals surface area contributed by atoms with Gasteiger partial charge >= 0.3 is 0 Å². The van der Waals surface area contributed by atoms with Crippen LogP contribution in [0, 0.1) is 6.92 Å². The molecule has 0 radical (unpaired) electrons. The zero-order valence-electron chi connectivity index (χ0n) is 9.42. The number of hydrogen-bond acceptors (Lipinski definition) is 1. The van der Waals surface area contributed by atoms with Crippen LogP contribution >= 0.6 is 0 Å². The normalized spacial score (nSPS) is 14.7.